The topological polar surface area (TPSA) is 402 Å². The number of nitrogens with zero attached hydrogens (tertiary/aromatic N) is 3. The number of aliphatic hydroxyl groups is 3. The van der Waals surface area contributed by atoms with E-state index in [1.54, 1.807) is 0 Å². The van der Waals surface area contributed by atoms with Crippen molar-refractivity contribution in [2.75, 3.05) is 18.9 Å². The maximum absolute atomic E-state index is 12.0. The second-order valence-electron chi connectivity index (χ2n) is 9.66. The molecule has 6 N–H and O–H groups in total. The van der Waals surface area contributed by atoms with E-state index < -0.39 is 104 Å². The van der Waals surface area contributed by atoms with Crippen LogP contribution in [0.4, 0.5) is 5.82 Å². The number of aliphatic hydroxyl groups excluding tert-OH is 3. The predicted molar refractivity (Wildman–Crippen MR) is 140 cm³/mol. The van der Waals surface area contributed by atoms with Gasteiger partial charge in [-0.3, -0.25) is 37.2 Å². The van der Waals surface area contributed by atoms with E-state index in [2.05, 4.69) is 27.0 Å². The van der Waals surface area contributed by atoms with E-state index in [9.17, 15) is 67.5 Å². The Labute approximate surface area is 369 Å². The smallest absolute Gasteiger partial charge is 0.756 e. The number of rotatable bonds is 14. The molecular formula is C18H23KLi3N5O21P4. The van der Waals surface area contributed by atoms with E-state index >= 15 is 0 Å². The third kappa shape index (κ3) is 14.8. The number of anilines is 1. The molecule has 4 rings (SSSR count). The first kappa shape index (κ1) is 53.1. The summed E-state index contributed by atoms with van der Waals surface area (Å²) in [5.41, 5.74) is 2.58. The van der Waals surface area contributed by atoms with Gasteiger partial charge in [0, 0.05) is 24.9 Å². The van der Waals surface area contributed by atoms with Crippen molar-refractivity contribution in [3.63, 3.8) is 0 Å². The van der Waals surface area contributed by atoms with Gasteiger partial charge in [0.2, 0.25) is 0 Å². The largest absolute Gasteiger partial charge is 1.00 e. The van der Waals surface area contributed by atoms with E-state index in [1.807, 2.05) is 4.98 Å². The minimum absolute atomic E-state index is 0. The fraction of sp³-hybridized carbons (Fsp3) is 0.556. The van der Waals surface area contributed by atoms with Crippen molar-refractivity contribution in [2.24, 2.45) is 0 Å². The quantitative estimate of drug-likeness (QED) is 0.0871. The third-order valence-corrected chi connectivity index (χ3v) is 12.0. The zero-order valence-electron chi connectivity index (χ0n) is 27.4. The molecule has 11 atom stereocenters. The normalized spacial score (nSPS) is 28.6. The summed E-state index contributed by atoms with van der Waals surface area (Å²) >= 11 is 0. The fourth-order valence-electron chi connectivity index (χ4n) is 4.18. The molecule has 0 bridgehead atoms. The number of aromatic nitrogens is 4. The molecule has 0 spiro atoms. The summed E-state index contributed by atoms with van der Waals surface area (Å²) < 4.78 is 79.0. The van der Waals surface area contributed by atoms with Crippen LogP contribution in [0.1, 0.15) is 18.9 Å². The first-order valence-corrected chi connectivity index (χ1v) is 18.6. The summed E-state index contributed by atoms with van der Waals surface area (Å²) in [7, 11) is -25.4. The van der Waals surface area contributed by atoms with Gasteiger partial charge in [0.25, 0.3) is 36.9 Å². The second-order valence-corrected chi connectivity index (χ2v) is 15.7. The molecule has 34 heteroatoms. The van der Waals surface area contributed by atoms with Gasteiger partial charge in [-0.25, -0.2) is 22.5 Å². The van der Waals surface area contributed by atoms with Crippen molar-refractivity contribution < 1.29 is 193 Å². The first-order chi connectivity index (χ1) is 22.1. The van der Waals surface area contributed by atoms with E-state index in [4.69, 9.17) is 15.2 Å². The molecule has 0 aliphatic carbocycles. The summed E-state index contributed by atoms with van der Waals surface area (Å²) in [6, 6.07) is 2.07. The number of ether oxygens (including phenoxy) is 2. The number of phosphoric ester groups is 2. The number of hydrogen-bond acceptors (Lipinski definition) is 23. The molecule has 270 valence electrons. The van der Waals surface area contributed by atoms with Gasteiger partial charge in [-0.2, -0.15) is 4.98 Å². The molecule has 0 saturated carbocycles. The van der Waals surface area contributed by atoms with Crippen LogP contribution >= 0.6 is 31.3 Å². The molecule has 4 heterocycles. The molecule has 0 aromatic carbocycles. The average molecular weight is 829 g/mol. The molecule has 2 saturated heterocycles. The van der Waals surface area contributed by atoms with Gasteiger partial charge in [-0.1, -0.05) is 0 Å². The van der Waals surface area contributed by atoms with Crippen LogP contribution in [-0.4, -0.2) is 78.2 Å². The minimum Gasteiger partial charge on any atom is -0.756 e. The molecule has 4 unspecified atom stereocenters. The predicted octanol–water partition coefficient (Wildman–Crippen LogP) is -17.4. The van der Waals surface area contributed by atoms with Gasteiger partial charge in [0.15, 0.2) is 6.23 Å². The molecule has 2 aromatic rings. The third-order valence-electron chi connectivity index (χ3n) is 6.22. The number of nitrogens with one attached hydrogen (secondary N) is 1. The van der Waals surface area contributed by atoms with Crippen LogP contribution in [0.25, 0.3) is 0 Å². The number of aromatic amines is 1. The number of H-pyrrole nitrogens is 1. The van der Waals surface area contributed by atoms with Gasteiger partial charge in [-0.15, -0.1) is 0 Å². The van der Waals surface area contributed by atoms with E-state index in [-0.39, 0.29) is 120 Å². The molecule has 2 fully saturated rings. The van der Waals surface area contributed by atoms with E-state index in [1.165, 1.54) is 12.3 Å². The number of nitrogens with two attached hydrogens (primary N) is 1. The number of phosphoric acid groups is 4. The molecule has 52 heavy (non-hydrogen) atoms. The van der Waals surface area contributed by atoms with Crippen LogP contribution in [0, 0.1) is 0 Å². The molecule has 2 aliphatic heterocycles. The van der Waals surface area contributed by atoms with Gasteiger partial charge in [-0.05, 0) is 6.07 Å². The van der Waals surface area contributed by atoms with E-state index in [0.717, 1.165) is 16.8 Å². The van der Waals surface area contributed by atoms with Crippen molar-refractivity contribution in [1.82, 2.24) is 19.1 Å². The molecular weight excluding hydrogens is 806 g/mol. The fourth-order valence-corrected chi connectivity index (χ4v) is 8.93. The Hall–Kier alpha value is 1.15. The first-order valence-electron chi connectivity index (χ1n) is 12.8. The molecule has 0 radical (unpaired) electrons. The van der Waals surface area contributed by atoms with Crippen LogP contribution in [0.2, 0.25) is 0 Å². The van der Waals surface area contributed by atoms with Gasteiger partial charge in [0.1, 0.15) is 36.5 Å². The molecule has 0 amide bonds. The maximum Gasteiger partial charge on any atom is 1.00 e. The monoisotopic (exact) mass is 829 g/mol. The van der Waals surface area contributed by atoms with Crippen LogP contribution < -0.4 is 150 Å². The van der Waals surface area contributed by atoms with Crippen molar-refractivity contribution in [1.29, 1.82) is 0 Å². The summed E-state index contributed by atoms with van der Waals surface area (Å²) in [4.78, 5) is 88.4. The molecule has 2 aromatic heterocycles. The second kappa shape index (κ2) is 21.2. The standard InChI is InChI=1S/C18H27N5O21P4.K.3Li/c19-11-1-3-22(17(28)20-11)13-5-8(24)9(40-13)6-38-45(30,31)42-47(34,35)44-48(36,37)43-46(32,33)39-7-10-14(26)15(27)16(41-10)23-4-2-12(25)21-18(23)29;;;;/h1-4,8-10,13-16,24,26-27H,5-7H2,(H,30,31)(H,32,33)(H,34,35)(H,36,37)(H2,19,20,28)(H,21,25,29);;;;/q;4*+1/p-4/t8-,9-,10-,13-,14-,15-,16-;;;;/m1..../s1. The van der Waals surface area contributed by atoms with Crippen LogP contribution in [0.3, 0.4) is 0 Å². The maximum atomic E-state index is 12.0. The Bertz CT molecular complexity index is 1890. The zero-order valence-corrected chi connectivity index (χ0v) is 34.1. The Kier molecular flexibility index (Phi) is 21.7. The summed E-state index contributed by atoms with van der Waals surface area (Å²) in [6.45, 7) is -2.44. The van der Waals surface area contributed by atoms with Gasteiger partial charge in [0.05, 0.1) is 19.3 Å². The number of hydrogen-bond donors (Lipinski definition) is 5. The summed E-state index contributed by atoms with van der Waals surface area (Å²) in [5, 5.41) is 30.4. The average Bonchev–Trinajstić information content (AvgIpc) is 3.42. The zero-order chi connectivity index (χ0) is 35.8. The van der Waals surface area contributed by atoms with Crippen molar-refractivity contribution in [3.05, 3.63) is 55.8 Å². The van der Waals surface area contributed by atoms with Crippen LogP contribution in [0.5, 0.6) is 0 Å². The number of nitrogen functional groups attached to an aromatic ring is 1. The molecule has 2 aliphatic rings. The van der Waals surface area contributed by atoms with Crippen molar-refractivity contribution in [2.45, 2.75) is 49.4 Å². The minimum atomic E-state index is -6.59. The van der Waals surface area contributed by atoms with Crippen molar-refractivity contribution >= 4 is 37.1 Å². The Morgan fingerprint density at radius 3 is 1.83 bits per heavy atom. The van der Waals surface area contributed by atoms with Gasteiger partial charge < -0.3 is 59.1 Å². The summed E-state index contributed by atoms with van der Waals surface area (Å²) in [6.07, 6.45) is -9.78. The SMILES string of the molecule is Nc1ccn([C@H]2C[C@@H](O)[C@@H](COP(=O)([O-])OP(=O)([O-])OP(=O)([O-])OP(=O)([O-])OC[C@H]3O[C@@H](n4ccc(=O)[nH]c4=O)[C@H](O)[C@@H]3O)O2)c(=O)n1.[K+].[Li+].[Li+].[Li+]. The van der Waals surface area contributed by atoms with Crippen LogP contribution in [0.15, 0.2) is 38.9 Å². The van der Waals surface area contributed by atoms with Gasteiger partial charge >= 0.3 is 119 Å². The van der Waals surface area contributed by atoms with Crippen molar-refractivity contribution in [3.8, 4) is 0 Å². The van der Waals surface area contributed by atoms with Crippen LogP contribution in [-0.2, 0) is 49.7 Å². The van der Waals surface area contributed by atoms with E-state index in [0.29, 0.717) is 4.57 Å². The summed E-state index contributed by atoms with van der Waals surface area (Å²) in [5.74, 6) is -0.125. The Balaban J connectivity index is 0.00000650. The Morgan fingerprint density at radius 2 is 1.31 bits per heavy atom. The molecule has 26 nitrogen and oxygen atoms in total. The Morgan fingerprint density at radius 1 is 0.808 bits per heavy atom.